The lowest BCUT2D eigenvalue weighted by Gasteiger charge is -2.18. The van der Waals surface area contributed by atoms with Gasteiger partial charge in [-0.2, -0.15) is 0 Å². The number of hydrogen-bond acceptors (Lipinski definition) is 6. The monoisotopic (exact) mass is 423 g/mol. The zero-order valence-corrected chi connectivity index (χ0v) is 17.6. The summed E-state index contributed by atoms with van der Waals surface area (Å²) in [5.41, 5.74) is 1.17. The number of rotatable bonds is 8. The number of ketones is 1. The van der Waals surface area contributed by atoms with Crippen molar-refractivity contribution in [2.75, 3.05) is 19.8 Å². The lowest BCUT2D eigenvalue weighted by molar-refractivity contribution is -0.121. The van der Waals surface area contributed by atoms with Crippen LogP contribution < -0.4 is 19.5 Å². The minimum atomic E-state index is -0.334. The van der Waals surface area contributed by atoms with Gasteiger partial charge in [-0.25, -0.2) is 0 Å². The highest BCUT2D eigenvalue weighted by Crippen LogP contribution is 2.32. The van der Waals surface area contributed by atoms with Gasteiger partial charge in [0.15, 0.2) is 28.6 Å². The van der Waals surface area contributed by atoms with Crippen LogP contribution in [-0.2, 0) is 4.79 Å². The first-order valence-corrected chi connectivity index (χ1v) is 10.4. The van der Waals surface area contributed by atoms with Crippen LogP contribution in [0.4, 0.5) is 0 Å². The fourth-order valence-electron chi connectivity index (χ4n) is 3.51. The Balaban J connectivity index is 1.35. The van der Waals surface area contributed by atoms with Crippen LogP contribution in [0, 0.1) is 0 Å². The molecule has 162 valence electrons. The summed E-state index contributed by atoms with van der Waals surface area (Å²) in [6, 6.07) is 12.3. The summed E-state index contributed by atoms with van der Waals surface area (Å²) in [4.78, 5) is 24.9. The summed E-state index contributed by atoms with van der Waals surface area (Å²) in [5, 5.41) is 3.81. The largest absolute Gasteiger partial charge is 0.490 e. The van der Waals surface area contributed by atoms with E-state index >= 15 is 0 Å². The molecule has 2 aromatic carbocycles. The molecule has 1 amide bonds. The van der Waals surface area contributed by atoms with Crippen molar-refractivity contribution in [1.82, 2.24) is 5.32 Å². The van der Waals surface area contributed by atoms with Crippen LogP contribution >= 0.6 is 0 Å². The summed E-state index contributed by atoms with van der Waals surface area (Å²) >= 11 is 0. The van der Waals surface area contributed by atoms with Gasteiger partial charge >= 0.3 is 0 Å². The van der Waals surface area contributed by atoms with Gasteiger partial charge in [-0.1, -0.05) is 12.1 Å². The molecule has 1 N–H and O–H groups in total. The lowest BCUT2D eigenvalue weighted by atomic mass is 10.1. The molecule has 0 aliphatic carbocycles. The molecular formula is C24H25NO6. The highest BCUT2D eigenvalue weighted by Gasteiger charge is 2.18. The van der Waals surface area contributed by atoms with Gasteiger partial charge < -0.3 is 23.9 Å². The Hall–Kier alpha value is -3.48. The predicted octanol–water partition coefficient (Wildman–Crippen LogP) is 4.44. The maximum atomic E-state index is 12.5. The first-order chi connectivity index (χ1) is 15.0. The minimum Gasteiger partial charge on any atom is -0.490 e. The van der Waals surface area contributed by atoms with Crippen LogP contribution in [0.1, 0.15) is 48.8 Å². The molecule has 7 heteroatoms. The third kappa shape index (κ3) is 4.66. The molecule has 1 aliphatic heterocycles. The molecule has 0 saturated carbocycles. The summed E-state index contributed by atoms with van der Waals surface area (Å²) in [6.07, 6.45) is 0.189. The summed E-state index contributed by atoms with van der Waals surface area (Å²) in [7, 11) is 0. The first-order valence-electron chi connectivity index (χ1n) is 10.4. The predicted molar refractivity (Wildman–Crippen MR) is 115 cm³/mol. The number of hydrogen-bond donors (Lipinski definition) is 1. The number of benzene rings is 2. The van der Waals surface area contributed by atoms with E-state index in [1.54, 1.807) is 18.2 Å². The molecule has 0 radical (unpaired) electrons. The maximum Gasteiger partial charge on any atom is 0.221 e. The van der Waals surface area contributed by atoms with Crippen LogP contribution in [0.25, 0.3) is 11.0 Å². The van der Waals surface area contributed by atoms with Crippen molar-refractivity contribution < 1.29 is 28.2 Å². The van der Waals surface area contributed by atoms with Gasteiger partial charge in [-0.05, 0) is 44.2 Å². The van der Waals surface area contributed by atoms with Crippen molar-refractivity contribution in [2.45, 2.75) is 32.7 Å². The zero-order chi connectivity index (χ0) is 21.8. The van der Waals surface area contributed by atoms with E-state index in [1.165, 1.54) is 0 Å². The number of fused-ring (bicyclic) bond motifs is 2. The van der Waals surface area contributed by atoms with Gasteiger partial charge in [0.1, 0.15) is 19.0 Å². The summed E-state index contributed by atoms with van der Waals surface area (Å²) in [6.45, 7) is 5.25. The zero-order valence-electron chi connectivity index (χ0n) is 17.6. The second kappa shape index (κ2) is 9.12. The molecule has 1 aliphatic rings. The van der Waals surface area contributed by atoms with Crippen molar-refractivity contribution >= 4 is 22.7 Å². The number of ether oxygens (including phenoxy) is 3. The number of carbonyl (C=O) groups excluding carboxylic acids is 2. The Morgan fingerprint density at radius 1 is 1.06 bits per heavy atom. The number of Topliss-reactive ketones (excluding diaryl/α,β-unsaturated/α-hetero) is 1. The van der Waals surface area contributed by atoms with Crippen molar-refractivity contribution in [3.05, 3.63) is 53.8 Å². The SMILES string of the molecule is CCOc1cccc2cc(C(C)NC(=O)CCC(=O)c3ccc4c(c3)OCCO4)oc12. The Morgan fingerprint density at radius 3 is 2.68 bits per heavy atom. The molecule has 31 heavy (non-hydrogen) atoms. The fraction of sp³-hybridized carbons (Fsp3) is 0.333. The topological polar surface area (TPSA) is 87.0 Å². The standard InChI is InChI=1S/C24H25NO6/c1-3-28-20-6-4-5-17-14-21(31-24(17)20)15(2)25-23(27)10-8-18(26)16-7-9-19-22(13-16)30-12-11-29-19/h4-7,9,13-15H,3,8,10-12H2,1-2H3,(H,25,27). The molecule has 0 bridgehead atoms. The Morgan fingerprint density at radius 2 is 1.87 bits per heavy atom. The molecule has 4 rings (SSSR count). The molecule has 0 saturated heterocycles. The van der Waals surface area contributed by atoms with Gasteiger partial charge in [0.2, 0.25) is 5.91 Å². The van der Waals surface area contributed by atoms with E-state index in [9.17, 15) is 9.59 Å². The molecule has 7 nitrogen and oxygen atoms in total. The second-order valence-corrected chi connectivity index (χ2v) is 7.33. The maximum absolute atomic E-state index is 12.5. The van der Waals surface area contributed by atoms with Crippen LogP contribution in [0.2, 0.25) is 0 Å². The summed E-state index contributed by atoms with van der Waals surface area (Å²) in [5.74, 6) is 2.16. The van der Waals surface area contributed by atoms with E-state index in [0.717, 1.165) is 5.39 Å². The third-order valence-electron chi connectivity index (χ3n) is 5.07. The van der Waals surface area contributed by atoms with E-state index in [2.05, 4.69) is 5.32 Å². The van der Waals surface area contributed by atoms with E-state index in [0.29, 0.717) is 54.0 Å². The smallest absolute Gasteiger partial charge is 0.221 e. The number of amides is 1. The Labute approximate surface area is 180 Å². The van der Waals surface area contributed by atoms with Gasteiger partial charge in [-0.3, -0.25) is 9.59 Å². The minimum absolute atomic E-state index is 0.0854. The van der Waals surface area contributed by atoms with Gasteiger partial charge in [0, 0.05) is 23.8 Å². The molecule has 1 atom stereocenters. The highest BCUT2D eigenvalue weighted by molar-refractivity contribution is 5.98. The average molecular weight is 423 g/mol. The molecule has 0 fully saturated rings. The average Bonchev–Trinajstić information content (AvgIpc) is 3.23. The van der Waals surface area contributed by atoms with Crippen molar-refractivity contribution in [2.24, 2.45) is 0 Å². The quantitative estimate of drug-likeness (QED) is 0.539. The van der Waals surface area contributed by atoms with E-state index < -0.39 is 0 Å². The Bertz CT molecular complexity index is 1100. The van der Waals surface area contributed by atoms with E-state index in [4.69, 9.17) is 18.6 Å². The molecular weight excluding hydrogens is 398 g/mol. The number of carbonyl (C=O) groups is 2. The lowest BCUT2D eigenvalue weighted by Crippen LogP contribution is -2.26. The Kier molecular flexibility index (Phi) is 6.11. The fourth-order valence-corrected chi connectivity index (χ4v) is 3.51. The van der Waals surface area contributed by atoms with Gasteiger partial charge in [0.25, 0.3) is 0 Å². The highest BCUT2D eigenvalue weighted by atomic mass is 16.6. The molecule has 1 unspecified atom stereocenters. The van der Waals surface area contributed by atoms with Crippen LogP contribution in [0.3, 0.4) is 0 Å². The molecule has 3 aromatic rings. The molecule has 2 heterocycles. The third-order valence-corrected chi connectivity index (χ3v) is 5.07. The van der Waals surface area contributed by atoms with Gasteiger partial charge in [-0.15, -0.1) is 0 Å². The van der Waals surface area contributed by atoms with Gasteiger partial charge in [0.05, 0.1) is 12.6 Å². The first kappa shape index (κ1) is 20.8. The molecule has 1 aromatic heterocycles. The number of furan rings is 1. The summed E-state index contributed by atoms with van der Waals surface area (Å²) < 4.78 is 22.5. The number of para-hydroxylation sites is 1. The van der Waals surface area contributed by atoms with Crippen LogP contribution in [0.5, 0.6) is 17.2 Å². The normalized spacial score (nSPS) is 13.6. The van der Waals surface area contributed by atoms with E-state index in [1.807, 2.05) is 38.1 Å². The number of nitrogens with one attached hydrogen (secondary N) is 1. The van der Waals surface area contributed by atoms with Crippen molar-refractivity contribution in [3.8, 4) is 17.2 Å². The van der Waals surface area contributed by atoms with Crippen molar-refractivity contribution in [3.63, 3.8) is 0 Å². The van der Waals surface area contributed by atoms with E-state index in [-0.39, 0.29) is 30.6 Å². The van der Waals surface area contributed by atoms with Crippen LogP contribution in [-0.4, -0.2) is 31.5 Å². The molecule has 0 spiro atoms. The van der Waals surface area contributed by atoms with Crippen molar-refractivity contribution in [1.29, 1.82) is 0 Å². The second-order valence-electron chi connectivity index (χ2n) is 7.33. The van der Waals surface area contributed by atoms with Crippen LogP contribution in [0.15, 0.2) is 46.9 Å².